The Morgan fingerprint density at radius 3 is 2.48 bits per heavy atom. The number of aromatic nitrogens is 5. The number of piperazine rings is 1. The van der Waals surface area contributed by atoms with E-state index in [0.717, 1.165) is 35.3 Å². The molecule has 10 heteroatoms. The first-order chi connectivity index (χ1) is 15.1. The van der Waals surface area contributed by atoms with Crippen molar-refractivity contribution in [3.05, 3.63) is 59.3 Å². The lowest BCUT2D eigenvalue weighted by Gasteiger charge is -2.35. The van der Waals surface area contributed by atoms with E-state index in [0.29, 0.717) is 29.7 Å². The summed E-state index contributed by atoms with van der Waals surface area (Å²) in [4.78, 5) is 31.2. The smallest absolute Gasteiger partial charge is 0.266 e. The zero-order chi connectivity index (χ0) is 21.4. The number of amides is 1. The summed E-state index contributed by atoms with van der Waals surface area (Å²) in [5, 5.41) is 4.73. The van der Waals surface area contributed by atoms with Crippen LogP contribution in [0.3, 0.4) is 0 Å². The maximum absolute atomic E-state index is 13.1. The van der Waals surface area contributed by atoms with Crippen molar-refractivity contribution in [2.75, 3.05) is 31.1 Å². The number of aryl methyl sites for hydroxylation is 2. The highest BCUT2D eigenvalue weighted by molar-refractivity contribution is 7.16. The summed E-state index contributed by atoms with van der Waals surface area (Å²) in [6.07, 6.45) is 5.62. The van der Waals surface area contributed by atoms with Gasteiger partial charge in [-0.05, 0) is 31.2 Å². The molecule has 4 aromatic heterocycles. The molecule has 0 N–H and O–H groups in total. The van der Waals surface area contributed by atoms with Gasteiger partial charge in [0.05, 0.1) is 5.69 Å². The van der Waals surface area contributed by atoms with Crippen molar-refractivity contribution in [2.24, 2.45) is 0 Å². The van der Waals surface area contributed by atoms with Gasteiger partial charge in [0, 0.05) is 57.3 Å². The first kappa shape index (κ1) is 19.4. The molecule has 1 amide bonds. The quantitative estimate of drug-likeness (QED) is 0.486. The van der Waals surface area contributed by atoms with Crippen LogP contribution in [-0.2, 0) is 0 Å². The molecular formula is C21H21N7O2S. The molecule has 1 saturated heterocycles. The molecule has 0 saturated carbocycles. The molecule has 0 aromatic carbocycles. The molecule has 9 nitrogen and oxygen atoms in total. The second-order valence-corrected chi connectivity index (χ2v) is 8.30. The average Bonchev–Trinajstić information content (AvgIpc) is 3.55. The summed E-state index contributed by atoms with van der Waals surface area (Å²) in [6.45, 7) is 6.38. The van der Waals surface area contributed by atoms with E-state index in [4.69, 9.17) is 4.52 Å². The second-order valence-electron chi connectivity index (χ2n) is 7.32. The van der Waals surface area contributed by atoms with E-state index in [1.54, 1.807) is 13.1 Å². The van der Waals surface area contributed by atoms with E-state index in [2.05, 4.69) is 25.0 Å². The fourth-order valence-corrected chi connectivity index (χ4v) is 4.56. The third-order valence-electron chi connectivity index (χ3n) is 5.23. The molecule has 1 aliphatic heterocycles. The maximum Gasteiger partial charge on any atom is 0.266 e. The summed E-state index contributed by atoms with van der Waals surface area (Å²) in [6, 6.07) is 7.78. The van der Waals surface area contributed by atoms with Crippen LogP contribution >= 0.6 is 11.3 Å². The zero-order valence-electron chi connectivity index (χ0n) is 17.2. The molecule has 0 unspecified atom stereocenters. The number of hydrogen-bond acceptors (Lipinski definition) is 8. The number of carbonyl (C=O) groups excluding carboxylic acids is 1. The topological polar surface area (TPSA) is 93.2 Å². The average molecular weight is 436 g/mol. The van der Waals surface area contributed by atoms with Gasteiger partial charge in [0.15, 0.2) is 5.13 Å². The van der Waals surface area contributed by atoms with E-state index in [1.165, 1.54) is 11.3 Å². The van der Waals surface area contributed by atoms with Crippen LogP contribution in [0.1, 0.15) is 21.3 Å². The molecule has 0 spiro atoms. The van der Waals surface area contributed by atoms with Crippen molar-refractivity contribution in [1.29, 1.82) is 0 Å². The first-order valence-electron chi connectivity index (χ1n) is 10.0. The number of nitrogens with zero attached hydrogens (tertiary/aromatic N) is 7. The van der Waals surface area contributed by atoms with Gasteiger partial charge in [-0.25, -0.2) is 9.97 Å². The second kappa shape index (κ2) is 7.95. The van der Waals surface area contributed by atoms with Crippen molar-refractivity contribution in [1.82, 2.24) is 29.6 Å². The van der Waals surface area contributed by atoms with Crippen LogP contribution in [0.5, 0.6) is 0 Å². The summed E-state index contributed by atoms with van der Waals surface area (Å²) < 4.78 is 6.95. The Kier molecular flexibility index (Phi) is 4.99. The van der Waals surface area contributed by atoms with Gasteiger partial charge in [-0.3, -0.25) is 4.79 Å². The molecular weight excluding hydrogens is 414 g/mol. The van der Waals surface area contributed by atoms with Crippen LogP contribution in [0, 0.1) is 13.8 Å². The number of anilines is 1. The fourth-order valence-electron chi connectivity index (χ4n) is 3.56. The van der Waals surface area contributed by atoms with E-state index in [-0.39, 0.29) is 5.91 Å². The summed E-state index contributed by atoms with van der Waals surface area (Å²) in [7, 11) is 0. The van der Waals surface area contributed by atoms with E-state index < -0.39 is 0 Å². The standard InChI is InChI=1S/C21H21N7O2S/c1-14-18(31-21(23-14)28-7-3-4-8-28)20(29)27-11-9-26(10-12-27)17-6-5-16(13-22-17)19-24-15(2)30-25-19/h3-8,13H,9-12H2,1-2H3. The number of thiazole rings is 1. The first-order valence-corrected chi connectivity index (χ1v) is 10.8. The Bertz CT molecular complexity index is 1190. The van der Waals surface area contributed by atoms with Crippen molar-refractivity contribution < 1.29 is 9.32 Å². The minimum absolute atomic E-state index is 0.0452. The van der Waals surface area contributed by atoms with E-state index >= 15 is 0 Å². The van der Waals surface area contributed by atoms with Crippen LogP contribution in [0.4, 0.5) is 5.82 Å². The molecule has 0 radical (unpaired) electrons. The zero-order valence-corrected chi connectivity index (χ0v) is 18.0. The summed E-state index contributed by atoms with van der Waals surface area (Å²) in [5.41, 5.74) is 1.59. The minimum atomic E-state index is 0.0452. The largest absolute Gasteiger partial charge is 0.353 e. The highest BCUT2D eigenvalue weighted by Gasteiger charge is 2.26. The molecule has 5 rings (SSSR count). The minimum Gasteiger partial charge on any atom is -0.353 e. The van der Waals surface area contributed by atoms with Gasteiger partial charge in [0.1, 0.15) is 10.7 Å². The van der Waals surface area contributed by atoms with Gasteiger partial charge in [-0.15, -0.1) is 0 Å². The molecule has 4 aromatic rings. The van der Waals surface area contributed by atoms with Crippen LogP contribution in [-0.4, -0.2) is 61.7 Å². The van der Waals surface area contributed by atoms with Crippen molar-refractivity contribution in [3.63, 3.8) is 0 Å². The van der Waals surface area contributed by atoms with Gasteiger partial charge in [-0.2, -0.15) is 4.98 Å². The molecule has 0 aliphatic carbocycles. The SMILES string of the molecule is Cc1nc(-c2ccc(N3CCN(C(=O)c4sc(-n5cccc5)nc4C)CC3)nc2)no1. The third kappa shape index (κ3) is 3.81. The van der Waals surface area contributed by atoms with Crippen LogP contribution in [0.2, 0.25) is 0 Å². The van der Waals surface area contributed by atoms with Gasteiger partial charge in [0.25, 0.3) is 5.91 Å². The van der Waals surface area contributed by atoms with Crippen molar-refractivity contribution in [2.45, 2.75) is 13.8 Å². The molecule has 158 valence electrons. The predicted molar refractivity (Wildman–Crippen MR) is 117 cm³/mol. The number of carbonyl (C=O) groups is 1. The Labute approximate surface area is 183 Å². The van der Waals surface area contributed by atoms with Crippen LogP contribution in [0.25, 0.3) is 16.5 Å². The summed E-state index contributed by atoms with van der Waals surface area (Å²) in [5.74, 6) is 1.98. The van der Waals surface area contributed by atoms with Gasteiger partial charge in [-0.1, -0.05) is 16.5 Å². The lowest BCUT2D eigenvalue weighted by atomic mass is 10.2. The highest BCUT2D eigenvalue weighted by Crippen LogP contribution is 2.25. The third-order valence-corrected chi connectivity index (χ3v) is 6.39. The molecule has 1 aliphatic rings. The van der Waals surface area contributed by atoms with Gasteiger partial charge in [0.2, 0.25) is 11.7 Å². The number of rotatable bonds is 4. The highest BCUT2D eigenvalue weighted by atomic mass is 32.1. The Hall–Kier alpha value is -3.53. The molecule has 31 heavy (non-hydrogen) atoms. The Morgan fingerprint density at radius 1 is 1.06 bits per heavy atom. The molecule has 1 fully saturated rings. The fraction of sp³-hybridized carbons (Fsp3) is 0.286. The monoisotopic (exact) mass is 435 g/mol. The normalized spacial score (nSPS) is 14.3. The van der Waals surface area contributed by atoms with Crippen LogP contribution < -0.4 is 4.90 Å². The van der Waals surface area contributed by atoms with Gasteiger partial charge < -0.3 is 18.9 Å². The van der Waals surface area contributed by atoms with E-state index in [1.807, 2.05) is 53.0 Å². The Morgan fingerprint density at radius 2 is 1.84 bits per heavy atom. The number of hydrogen-bond donors (Lipinski definition) is 0. The molecule has 0 atom stereocenters. The van der Waals surface area contributed by atoms with Crippen molar-refractivity contribution >= 4 is 23.1 Å². The van der Waals surface area contributed by atoms with E-state index in [9.17, 15) is 4.79 Å². The number of pyridine rings is 1. The van der Waals surface area contributed by atoms with Gasteiger partial charge >= 0.3 is 0 Å². The molecule has 5 heterocycles. The predicted octanol–water partition coefficient (Wildman–Crippen LogP) is 2.96. The maximum atomic E-state index is 13.1. The summed E-state index contributed by atoms with van der Waals surface area (Å²) >= 11 is 1.43. The van der Waals surface area contributed by atoms with Crippen LogP contribution in [0.15, 0.2) is 47.4 Å². The lowest BCUT2D eigenvalue weighted by Crippen LogP contribution is -2.49. The lowest BCUT2D eigenvalue weighted by molar-refractivity contribution is 0.0750. The Balaban J connectivity index is 1.24. The molecule has 0 bridgehead atoms. The van der Waals surface area contributed by atoms with Crippen molar-refractivity contribution in [3.8, 4) is 16.5 Å².